The van der Waals surface area contributed by atoms with Crippen LogP contribution < -0.4 is 10.2 Å². The van der Waals surface area contributed by atoms with Crippen LogP contribution in [0.15, 0.2) is 48.5 Å². The number of fused-ring (bicyclic) bond motifs is 1. The van der Waals surface area contributed by atoms with Crippen molar-refractivity contribution in [3.63, 3.8) is 0 Å². The van der Waals surface area contributed by atoms with E-state index >= 15 is 0 Å². The molecule has 4 rings (SSSR count). The van der Waals surface area contributed by atoms with Gasteiger partial charge in [0, 0.05) is 30.3 Å². The van der Waals surface area contributed by atoms with Crippen molar-refractivity contribution in [2.24, 2.45) is 11.8 Å². The van der Waals surface area contributed by atoms with E-state index in [1.165, 1.54) is 25.0 Å². The summed E-state index contributed by atoms with van der Waals surface area (Å²) >= 11 is 0. The van der Waals surface area contributed by atoms with E-state index in [2.05, 4.69) is 18.3 Å². The number of hydrogen-bond donors (Lipinski definition) is 1. The summed E-state index contributed by atoms with van der Waals surface area (Å²) in [5.41, 5.74) is 2.86. The van der Waals surface area contributed by atoms with E-state index in [-0.39, 0.29) is 29.7 Å². The Morgan fingerprint density at radius 1 is 1.16 bits per heavy atom. The Kier molecular flexibility index (Phi) is 3.98. The van der Waals surface area contributed by atoms with Gasteiger partial charge in [-0.05, 0) is 48.6 Å². The van der Waals surface area contributed by atoms with Gasteiger partial charge in [0.05, 0.1) is 6.04 Å². The van der Waals surface area contributed by atoms with E-state index in [1.807, 2.05) is 29.2 Å². The molecule has 1 amide bonds. The molecule has 0 saturated heterocycles. The van der Waals surface area contributed by atoms with Crippen molar-refractivity contribution in [3.05, 3.63) is 59.9 Å². The maximum atomic E-state index is 13.6. The first-order valence-corrected chi connectivity index (χ1v) is 8.97. The lowest BCUT2D eigenvalue weighted by Gasteiger charge is -2.46. The molecule has 3 atom stereocenters. The normalized spacial score (nSPS) is 25.4. The number of carbonyl (C=O) groups is 1. The lowest BCUT2D eigenvalue weighted by Crippen LogP contribution is -2.51. The van der Waals surface area contributed by atoms with Gasteiger partial charge in [0.1, 0.15) is 5.82 Å². The second-order valence-electron chi connectivity index (χ2n) is 7.27. The van der Waals surface area contributed by atoms with E-state index in [1.54, 1.807) is 13.0 Å². The quantitative estimate of drug-likeness (QED) is 0.875. The molecule has 1 aliphatic carbocycles. The number of hydrogen-bond acceptors (Lipinski definition) is 2. The molecule has 2 aliphatic rings. The first-order valence-electron chi connectivity index (χ1n) is 8.97. The van der Waals surface area contributed by atoms with Crippen LogP contribution in [0.5, 0.6) is 0 Å². The lowest BCUT2D eigenvalue weighted by molar-refractivity contribution is -0.117. The monoisotopic (exact) mass is 338 g/mol. The van der Waals surface area contributed by atoms with Crippen molar-refractivity contribution >= 4 is 17.3 Å². The average molecular weight is 338 g/mol. The van der Waals surface area contributed by atoms with Crippen LogP contribution in [0.2, 0.25) is 0 Å². The summed E-state index contributed by atoms with van der Waals surface area (Å²) in [6.07, 6.45) is 2.35. The third kappa shape index (κ3) is 2.90. The van der Waals surface area contributed by atoms with E-state index in [0.717, 1.165) is 16.9 Å². The number of para-hydroxylation sites is 1. The number of benzene rings is 2. The minimum atomic E-state index is -0.245. The summed E-state index contributed by atoms with van der Waals surface area (Å²) in [5, 5.41) is 3.52. The molecule has 1 fully saturated rings. The molecular weight excluding hydrogens is 315 g/mol. The van der Waals surface area contributed by atoms with Gasteiger partial charge in [-0.25, -0.2) is 4.39 Å². The summed E-state index contributed by atoms with van der Waals surface area (Å²) < 4.78 is 13.6. The number of carbonyl (C=O) groups excluding carboxylic acids is 1. The maximum Gasteiger partial charge on any atom is 0.224 e. The molecule has 25 heavy (non-hydrogen) atoms. The molecule has 2 aromatic rings. The smallest absolute Gasteiger partial charge is 0.224 e. The molecule has 2 aromatic carbocycles. The SMILES string of the molecule is CC(=O)N1c2ccccc2C(Nc2cccc(F)c2)C(C)C1C1CC1. The molecule has 0 bridgehead atoms. The highest BCUT2D eigenvalue weighted by molar-refractivity contribution is 5.94. The third-order valence-electron chi connectivity index (χ3n) is 5.49. The number of nitrogens with zero attached hydrogens (tertiary/aromatic N) is 1. The Morgan fingerprint density at radius 3 is 2.60 bits per heavy atom. The minimum Gasteiger partial charge on any atom is -0.378 e. The standard InChI is InChI=1S/C21H23FN2O/c1-13-20(23-17-7-5-6-16(22)12-17)18-8-3-4-9-19(18)24(14(2)25)21(13)15-10-11-15/h3-9,12-13,15,20-21,23H,10-11H2,1-2H3. The molecular formula is C21H23FN2O. The fourth-order valence-corrected chi connectivity index (χ4v) is 4.27. The highest BCUT2D eigenvalue weighted by atomic mass is 19.1. The van der Waals surface area contributed by atoms with Gasteiger partial charge in [-0.3, -0.25) is 4.79 Å². The second kappa shape index (κ2) is 6.17. The Bertz CT molecular complexity index is 802. The number of amides is 1. The first kappa shape index (κ1) is 16.1. The number of halogens is 1. The van der Waals surface area contributed by atoms with Gasteiger partial charge in [0.25, 0.3) is 0 Å². The summed E-state index contributed by atoms with van der Waals surface area (Å²) in [6.45, 7) is 3.85. The highest BCUT2D eigenvalue weighted by Gasteiger charge is 2.47. The van der Waals surface area contributed by atoms with Crippen LogP contribution in [0.4, 0.5) is 15.8 Å². The van der Waals surface area contributed by atoms with Crippen molar-refractivity contribution in [1.29, 1.82) is 0 Å². The van der Waals surface area contributed by atoms with E-state index < -0.39 is 0 Å². The minimum absolute atomic E-state index is 0.0548. The zero-order valence-electron chi connectivity index (χ0n) is 14.6. The van der Waals surface area contributed by atoms with Crippen LogP contribution in [-0.2, 0) is 4.79 Å². The van der Waals surface area contributed by atoms with E-state index in [0.29, 0.717) is 5.92 Å². The van der Waals surface area contributed by atoms with Gasteiger partial charge < -0.3 is 10.2 Å². The van der Waals surface area contributed by atoms with Gasteiger partial charge in [-0.2, -0.15) is 0 Å². The summed E-state index contributed by atoms with van der Waals surface area (Å²) in [7, 11) is 0. The zero-order valence-corrected chi connectivity index (χ0v) is 14.6. The predicted molar refractivity (Wildman–Crippen MR) is 98.0 cm³/mol. The summed E-state index contributed by atoms with van der Waals surface area (Å²) in [4.78, 5) is 14.4. The largest absolute Gasteiger partial charge is 0.378 e. The number of nitrogens with one attached hydrogen (secondary N) is 1. The third-order valence-corrected chi connectivity index (χ3v) is 5.49. The van der Waals surface area contributed by atoms with Crippen LogP contribution >= 0.6 is 0 Å². The second-order valence-corrected chi connectivity index (χ2v) is 7.27. The fraction of sp³-hybridized carbons (Fsp3) is 0.381. The molecule has 0 radical (unpaired) electrons. The van der Waals surface area contributed by atoms with Crippen molar-refractivity contribution in [2.45, 2.75) is 38.8 Å². The molecule has 0 spiro atoms. The van der Waals surface area contributed by atoms with Gasteiger partial charge >= 0.3 is 0 Å². The number of rotatable bonds is 3. The summed E-state index contributed by atoms with van der Waals surface area (Å²) in [6, 6.07) is 14.9. The Balaban J connectivity index is 1.77. The van der Waals surface area contributed by atoms with Crippen LogP contribution in [0, 0.1) is 17.7 Å². The summed E-state index contributed by atoms with van der Waals surface area (Å²) in [5.74, 6) is 0.657. The molecule has 1 aliphatic heterocycles. The van der Waals surface area contributed by atoms with Crippen LogP contribution in [0.1, 0.15) is 38.3 Å². The van der Waals surface area contributed by atoms with Crippen LogP contribution in [0.3, 0.4) is 0 Å². The van der Waals surface area contributed by atoms with Crippen molar-refractivity contribution < 1.29 is 9.18 Å². The average Bonchev–Trinajstić information content (AvgIpc) is 3.41. The van der Waals surface area contributed by atoms with Gasteiger partial charge in [-0.15, -0.1) is 0 Å². The van der Waals surface area contributed by atoms with E-state index in [9.17, 15) is 9.18 Å². The van der Waals surface area contributed by atoms with Crippen molar-refractivity contribution in [3.8, 4) is 0 Å². The Hall–Kier alpha value is -2.36. The molecule has 3 unspecified atom stereocenters. The molecule has 1 saturated carbocycles. The lowest BCUT2D eigenvalue weighted by atomic mass is 9.80. The van der Waals surface area contributed by atoms with Crippen molar-refractivity contribution in [2.75, 3.05) is 10.2 Å². The zero-order chi connectivity index (χ0) is 17.6. The Labute approximate surface area is 147 Å². The molecule has 4 heteroatoms. The molecule has 130 valence electrons. The molecule has 3 nitrogen and oxygen atoms in total. The Morgan fingerprint density at radius 2 is 1.92 bits per heavy atom. The van der Waals surface area contributed by atoms with Crippen molar-refractivity contribution in [1.82, 2.24) is 0 Å². The topological polar surface area (TPSA) is 32.3 Å². The van der Waals surface area contributed by atoms with Crippen LogP contribution in [0.25, 0.3) is 0 Å². The van der Waals surface area contributed by atoms with Crippen LogP contribution in [-0.4, -0.2) is 11.9 Å². The molecule has 0 aromatic heterocycles. The molecule has 1 N–H and O–H groups in total. The van der Waals surface area contributed by atoms with Gasteiger partial charge in [0.2, 0.25) is 5.91 Å². The van der Waals surface area contributed by atoms with Gasteiger partial charge in [-0.1, -0.05) is 31.2 Å². The van der Waals surface area contributed by atoms with Gasteiger partial charge in [0.15, 0.2) is 0 Å². The highest BCUT2D eigenvalue weighted by Crippen LogP contribution is 2.49. The fourth-order valence-electron chi connectivity index (χ4n) is 4.27. The first-order chi connectivity index (χ1) is 12.1. The maximum absolute atomic E-state index is 13.6. The number of anilines is 2. The predicted octanol–water partition coefficient (Wildman–Crippen LogP) is 4.76. The molecule has 1 heterocycles. The van der Waals surface area contributed by atoms with E-state index in [4.69, 9.17) is 0 Å².